The summed E-state index contributed by atoms with van der Waals surface area (Å²) in [7, 11) is 0. The lowest BCUT2D eigenvalue weighted by molar-refractivity contribution is -0.283. The average molecular weight is 176 g/mol. The van der Waals surface area contributed by atoms with Crippen LogP contribution in [0.1, 0.15) is 31.1 Å². The molecule has 4 nitrogen and oxygen atoms in total. The van der Waals surface area contributed by atoms with Crippen molar-refractivity contribution in [2.45, 2.75) is 29.7 Å². The monoisotopic (exact) mass is 176 g/mol. The van der Waals surface area contributed by atoms with Gasteiger partial charge in [0.25, 0.3) is 1.45 Å². The Kier molecular flexibility index (Phi) is 4190. The topological polar surface area (TPSA) is 74.3 Å². The van der Waals surface area contributed by atoms with Gasteiger partial charge in [-0.05, 0) is 0 Å². The molecule has 11 heavy (non-hydrogen) atoms. The molecule has 0 aromatic carbocycles. The Morgan fingerprint density at radius 1 is 1.27 bits per heavy atom. The first-order valence-corrected chi connectivity index (χ1v) is 0.880. The fourth-order valence-electron chi connectivity index (χ4n) is 0. The fraction of sp³-hybridized carbons (Fsp3) is 0.667. The number of hydrogen-bond donors (Lipinski definition) is 0. The van der Waals surface area contributed by atoms with Gasteiger partial charge in [0.1, 0.15) is 0 Å². The summed E-state index contributed by atoms with van der Waals surface area (Å²) in [6, 6.07) is 0. The number of hydrogen-bond acceptors (Lipinski definition) is 4. The first-order chi connectivity index (χ1) is 3.83. The number of carboxylic acid groups (broad SMARTS) is 1. The van der Waals surface area contributed by atoms with Crippen LogP contribution in [0.5, 0.6) is 0 Å². The predicted octanol–water partition coefficient (Wildman–Crippen LogP) is 0.726. The highest BCUT2D eigenvalue weighted by Gasteiger charge is 1.13. The van der Waals surface area contributed by atoms with Crippen molar-refractivity contribution in [3.63, 3.8) is 0 Å². The van der Waals surface area contributed by atoms with E-state index in [1.54, 1.807) is 0 Å². The van der Waals surface area contributed by atoms with Gasteiger partial charge < -0.3 is 9.90 Å². The summed E-state index contributed by atoms with van der Waals surface area (Å²) in [5, 5.41) is 8.25. The standard InChI is InChI=1S/CH2O2.CO2.4CH4.FH.H2/c2*2-1-3;;;;;;/h1H,(H,2,3);;4*1H4;2*1H/p-1/i/hD. The zero-order chi connectivity index (χ0) is 7.41. The van der Waals surface area contributed by atoms with E-state index >= 15 is 0 Å². The molecule has 0 unspecified atom stereocenters. The Hall–Kier alpha value is -1.22. The third-order valence-electron chi connectivity index (χ3n) is 0. The molecule has 0 heterocycles. The zero-order valence-corrected chi connectivity index (χ0v) is 3.09. The molecule has 0 N–H and O–H groups in total. The Labute approximate surface area is 70.6 Å². The molecule has 0 saturated heterocycles. The van der Waals surface area contributed by atoms with Gasteiger partial charge in [0.15, 0.2) is 0 Å². The lowest BCUT2D eigenvalue weighted by Gasteiger charge is -1.52. The van der Waals surface area contributed by atoms with Crippen molar-refractivity contribution in [1.82, 2.24) is 0 Å². The summed E-state index contributed by atoms with van der Waals surface area (Å²) in [5.41, 5.74) is 0. The molecule has 0 spiro atoms. The van der Waals surface area contributed by atoms with Crippen LogP contribution < -0.4 is 5.11 Å². The second kappa shape index (κ2) is 874. The molecule has 0 atom stereocenters. The van der Waals surface area contributed by atoms with Crippen molar-refractivity contribution in [3.05, 3.63) is 0 Å². The van der Waals surface area contributed by atoms with Crippen LogP contribution in [0, 0.1) is 0 Å². The molecule has 76 valence electrons. The number of rotatable bonds is 0. The molecule has 0 radical (unpaired) electrons. The van der Waals surface area contributed by atoms with Crippen LogP contribution in [-0.4, -0.2) is 14.1 Å². The molecule has 0 aromatic rings. The van der Waals surface area contributed by atoms with E-state index in [0.29, 0.717) is 0 Å². The third kappa shape index (κ3) is 271. The van der Waals surface area contributed by atoms with E-state index < -0.39 is 6.47 Å². The minimum Gasteiger partial charge on any atom is -0.554 e. The van der Waals surface area contributed by atoms with Gasteiger partial charge >= 0.3 is 6.15 Å². The quantitative estimate of drug-likeness (QED) is 0.510. The van der Waals surface area contributed by atoms with Gasteiger partial charge in [-0.1, -0.05) is 29.7 Å². The Morgan fingerprint density at radius 3 is 1.27 bits per heavy atom. The zero-order valence-electron chi connectivity index (χ0n) is 4.09. The van der Waals surface area contributed by atoms with Crippen LogP contribution >= 0.6 is 0 Å². The molecule has 0 fully saturated rings. The third-order valence-corrected chi connectivity index (χ3v) is 0. The van der Waals surface area contributed by atoms with Crippen LogP contribution in [0.15, 0.2) is 0 Å². The van der Waals surface area contributed by atoms with Crippen LogP contribution in [-0.2, 0) is 14.4 Å². The molecule has 0 saturated carbocycles. The lowest BCUT2D eigenvalue weighted by Crippen LogP contribution is -2.01. The van der Waals surface area contributed by atoms with Crippen LogP contribution in [0.25, 0.3) is 0 Å². The second-order valence-corrected chi connectivity index (χ2v) is 0.180. The summed E-state index contributed by atoms with van der Waals surface area (Å²) in [6.45, 7) is -0.500. The van der Waals surface area contributed by atoms with Gasteiger partial charge in [-0.3, -0.25) is 4.72 Å². The van der Waals surface area contributed by atoms with E-state index in [-0.39, 0.29) is 37.3 Å². The summed E-state index contributed by atoms with van der Waals surface area (Å²) in [5.74, 6) is 0. The highest BCUT2D eigenvalue weighted by molar-refractivity contribution is 5.29. The van der Waals surface area contributed by atoms with Crippen molar-refractivity contribution < 1.29 is 25.6 Å². The minimum atomic E-state index is -0.500. The van der Waals surface area contributed by atoms with E-state index in [4.69, 9.17) is 24.2 Å². The first kappa shape index (κ1) is 52.8. The normalized spacial score (nSPS) is 2.45. The highest BCUT2D eigenvalue weighted by atomic mass is 19.0. The molecule has 0 aromatic heterocycles. The van der Waals surface area contributed by atoms with Crippen molar-refractivity contribution >= 4 is 12.6 Å². The summed E-state index contributed by atoms with van der Waals surface area (Å²) < 4.78 is 13.0. The summed E-state index contributed by atoms with van der Waals surface area (Å²) >= 11 is 0. The molecule has 0 aliphatic rings. The van der Waals surface area contributed by atoms with Crippen molar-refractivity contribution in [2.75, 3.05) is 0 Å². The maximum atomic E-state index is 8.75. The van der Waals surface area contributed by atoms with Gasteiger partial charge in [0.2, 0.25) is 0 Å². The Balaban J connectivity index is -0.00000000409. The minimum absolute atomic E-state index is 0. The van der Waals surface area contributed by atoms with Crippen LogP contribution in [0.4, 0.5) is 4.72 Å². The maximum absolute atomic E-state index is 8.75. The Bertz CT molecular complexity index is 67.7. The van der Waals surface area contributed by atoms with E-state index in [0.717, 1.165) is 0 Å². The molecular formula is C6H20FO4-. The maximum Gasteiger partial charge on any atom is 0.373 e. The van der Waals surface area contributed by atoms with Gasteiger partial charge in [0, 0.05) is 7.90 Å². The molecular weight excluding hydrogens is 155 g/mol. The lowest BCUT2D eigenvalue weighted by atomic mass is 11.7. The van der Waals surface area contributed by atoms with E-state index in [1.165, 1.54) is 0 Å². The van der Waals surface area contributed by atoms with Gasteiger partial charge in [0.05, 0.1) is 0 Å². The molecule has 5 heteroatoms. The molecule has 0 aliphatic heterocycles. The second-order valence-electron chi connectivity index (χ2n) is 0.180. The van der Waals surface area contributed by atoms with Crippen molar-refractivity contribution in [3.8, 4) is 0 Å². The summed E-state index contributed by atoms with van der Waals surface area (Å²) in [6.07, 6.45) is 0.250. The van der Waals surface area contributed by atoms with E-state index in [1.807, 2.05) is 0 Å². The number of carbonyl (C=O) groups is 1. The van der Waals surface area contributed by atoms with Gasteiger partial charge in [-0.25, -0.2) is 0 Å². The van der Waals surface area contributed by atoms with Crippen LogP contribution in [0.3, 0.4) is 0 Å². The van der Waals surface area contributed by atoms with Gasteiger partial charge in [-0.15, -0.1) is 0 Å². The highest BCUT2D eigenvalue weighted by Crippen LogP contribution is 0.787. The van der Waals surface area contributed by atoms with Crippen molar-refractivity contribution in [2.24, 2.45) is 0 Å². The first-order valence-electron chi connectivity index (χ1n) is 1.26. The SMILES string of the molecule is C.C.C.C.O=C=O.O=C[O-].[2H]F.[HH]. The largest absolute Gasteiger partial charge is 0.554 e. The molecule has 0 bridgehead atoms. The number of carbonyl (C=O) groups excluding carboxylic acids is 3. The fourth-order valence-corrected chi connectivity index (χ4v) is 0. The Morgan fingerprint density at radius 2 is 1.27 bits per heavy atom. The average Bonchev–Trinajstić information content (AvgIpc) is 1.75. The van der Waals surface area contributed by atoms with Crippen molar-refractivity contribution in [1.29, 1.82) is 1.45 Å². The number of halogens is 1. The molecule has 0 amide bonds. The smallest absolute Gasteiger partial charge is 0.373 e. The van der Waals surface area contributed by atoms with Crippen LogP contribution in [0.2, 0.25) is 0 Å². The summed E-state index contributed by atoms with van der Waals surface area (Å²) in [4.78, 5) is 24.5. The van der Waals surface area contributed by atoms with E-state index in [2.05, 4.69) is 1.45 Å². The van der Waals surface area contributed by atoms with Gasteiger partial charge in [-0.2, -0.15) is 9.59 Å². The predicted molar refractivity (Wildman–Crippen MR) is 42.6 cm³/mol. The molecule has 0 rings (SSSR count). The molecule has 0 aliphatic carbocycles. The van der Waals surface area contributed by atoms with E-state index in [9.17, 15) is 0 Å².